The van der Waals surface area contributed by atoms with Crippen molar-refractivity contribution < 1.29 is 18.6 Å². The Kier molecular flexibility index (Phi) is 5.75. The average Bonchev–Trinajstić information content (AvgIpc) is 2.61. The Labute approximate surface area is 158 Å². The normalized spacial score (nSPS) is 12.2. The summed E-state index contributed by atoms with van der Waals surface area (Å²) in [6.07, 6.45) is 0.415. The van der Waals surface area contributed by atoms with Crippen LogP contribution in [-0.4, -0.2) is 11.2 Å². The third-order valence-electron chi connectivity index (χ3n) is 4.31. The van der Waals surface area contributed by atoms with E-state index in [2.05, 4.69) is 0 Å². The summed E-state index contributed by atoms with van der Waals surface area (Å²) in [6, 6.07) is 18.5. The second-order valence-corrected chi connectivity index (χ2v) is 6.84. The average molecular weight is 368 g/mol. The highest BCUT2D eigenvalue weighted by atomic mass is 19.1. The van der Waals surface area contributed by atoms with E-state index in [-0.39, 0.29) is 23.5 Å². The van der Waals surface area contributed by atoms with Crippen LogP contribution in [0, 0.1) is 11.6 Å². The predicted molar refractivity (Wildman–Crippen MR) is 102 cm³/mol. The highest BCUT2D eigenvalue weighted by molar-refractivity contribution is 5.41. The zero-order valence-corrected chi connectivity index (χ0v) is 15.3. The van der Waals surface area contributed by atoms with Crippen LogP contribution in [0.25, 0.3) is 0 Å². The molecule has 1 atom stereocenters. The number of rotatable bonds is 6. The molecular formula is C23H22F2O2. The van der Waals surface area contributed by atoms with Gasteiger partial charge in [0.25, 0.3) is 0 Å². The van der Waals surface area contributed by atoms with Gasteiger partial charge in [-0.25, -0.2) is 8.78 Å². The molecule has 0 saturated heterocycles. The van der Waals surface area contributed by atoms with Crippen molar-refractivity contribution in [3.63, 3.8) is 0 Å². The number of halogens is 2. The molecule has 0 amide bonds. The fraction of sp³-hybridized carbons (Fsp3) is 0.217. The molecule has 0 spiro atoms. The lowest BCUT2D eigenvalue weighted by molar-refractivity contribution is 0.231. The molecule has 140 valence electrons. The molecule has 0 heterocycles. The van der Waals surface area contributed by atoms with E-state index in [1.165, 1.54) is 18.2 Å². The molecule has 0 saturated carbocycles. The summed E-state index contributed by atoms with van der Waals surface area (Å²) < 4.78 is 33.9. The molecule has 3 rings (SSSR count). The van der Waals surface area contributed by atoms with E-state index in [4.69, 9.17) is 4.74 Å². The van der Waals surface area contributed by atoms with Crippen molar-refractivity contribution in [2.45, 2.75) is 32.3 Å². The lowest BCUT2D eigenvalue weighted by Crippen LogP contribution is -2.09. The Morgan fingerprint density at radius 2 is 1.63 bits per heavy atom. The van der Waals surface area contributed by atoms with Crippen molar-refractivity contribution >= 4 is 0 Å². The lowest BCUT2D eigenvalue weighted by Gasteiger charge is -2.20. The smallest absolute Gasteiger partial charge is 0.165 e. The molecular weight excluding hydrogens is 346 g/mol. The summed E-state index contributed by atoms with van der Waals surface area (Å²) in [5, 5.41) is 9.82. The first-order valence-electron chi connectivity index (χ1n) is 8.92. The van der Waals surface area contributed by atoms with Gasteiger partial charge in [0.1, 0.15) is 11.6 Å². The van der Waals surface area contributed by atoms with E-state index in [1.807, 2.05) is 44.2 Å². The van der Waals surface area contributed by atoms with Crippen LogP contribution in [0.15, 0.2) is 66.7 Å². The maximum atomic E-state index is 14.5. The molecule has 0 aromatic heterocycles. The summed E-state index contributed by atoms with van der Waals surface area (Å²) in [6.45, 7) is 3.67. The second kappa shape index (κ2) is 8.21. The number of hydrogen-bond donors (Lipinski definition) is 1. The van der Waals surface area contributed by atoms with Crippen molar-refractivity contribution in [3.05, 3.63) is 95.1 Å². The van der Waals surface area contributed by atoms with Gasteiger partial charge in [-0.05, 0) is 61.2 Å². The van der Waals surface area contributed by atoms with Gasteiger partial charge in [-0.1, -0.05) is 36.4 Å². The second-order valence-electron chi connectivity index (χ2n) is 6.84. The van der Waals surface area contributed by atoms with E-state index in [1.54, 1.807) is 12.1 Å². The standard InChI is InChI=1S/C23H22F2O2/c1-15(2)27-23-9-8-17(13-22(23)25)21(10-16-6-4-3-5-7-16)18-11-19(24)14-20(26)12-18/h3-9,11-15,21,26H,10H2,1-2H3/t21-/m0/s1. The van der Waals surface area contributed by atoms with Gasteiger partial charge >= 0.3 is 0 Å². The predicted octanol–water partition coefficient (Wildman–Crippen LogP) is 5.83. The Balaban J connectivity index is 2.02. The number of ether oxygens (including phenoxy) is 1. The van der Waals surface area contributed by atoms with Gasteiger partial charge < -0.3 is 9.84 Å². The summed E-state index contributed by atoms with van der Waals surface area (Å²) in [5.41, 5.74) is 2.32. The topological polar surface area (TPSA) is 29.5 Å². The van der Waals surface area contributed by atoms with Gasteiger partial charge in [-0.2, -0.15) is 0 Å². The van der Waals surface area contributed by atoms with Crippen LogP contribution < -0.4 is 4.74 Å². The number of aromatic hydroxyl groups is 1. The SMILES string of the molecule is CC(C)Oc1ccc([C@H](Cc2ccccc2)c2cc(O)cc(F)c2)cc1F. The number of benzene rings is 3. The van der Waals surface area contributed by atoms with Crippen LogP contribution in [0.1, 0.15) is 36.5 Å². The maximum absolute atomic E-state index is 14.5. The summed E-state index contributed by atoms with van der Waals surface area (Å²) in [4.78, 5) is 0. The van der Waals surface area contributed by atoms with E-state index in [0.29, 0.717) is 17.5 Å². The first kappa shape index (κ1) is 18.9. The van der Waals surface area contributed by atoms with Crippen molar-refractivity contribution in [2.75, 3.05) is 0 Å². The van der Waals surface area contributed by atoms with Crippen LogP contribution in [0.2, 0.25) is 0 Å². The molecule has 3 aromatic carbocycles. The molecule has 3 aromatic rings. The Morgan fingerprint density at radius 1 is 0.889 bits per heavy atom. The molecule has 0 aliphatic carbocycles. The van der Waals surface area contributed by atoms with Crippen LogP contribution in [0.4, 0.5) is 8.78 Å². The number of phenolic OH excluding ortho intramolecular Hbond substituents is 1. The fourth-order valence-electron chi connectivity index (χ4n) is 3.16. The monoisotopic (exact) mass is 368 g/mol. The molecule has 1 N–H and O–H groups in total. The van der Waals surface area contributed by atoms with Crippen LogP contribution in [0.5, 0.6) is 11.5 Å². The summed E-state index contributed by atoms with van der Waals surface area (Å²) in [5.74, 6) is -1.25. The van der Waals surface area contributed by atoms with E-state index in [9.17, 15) is 13.9 Å². The molecule has 0 aliphatic heterocycles. The van der Waals surface area contributed by atoms with E-state index >= 15 is 0 Å². The first-order valence-corrected chi connectivity index (χ1v) is 8.92. The van der Waals surface area contributed by atoms with E-state index < -0.39 is 11.6 Å². The lowest BCUT2D eigenvalue weighted by atomic mass is 9.85. The summed E-state index contributed by atoms with van der Waals surface area (Å²) in [7, 11) is 0. The minimum atomic E-state index is -0.525. The van der Waals surface area contributed by atoms with Gasteiger partial charge in [0.2, 0.25) is 0 Å². The molecule has 27 heavy (non-hydrogen) atoms. The third-order valence-corrected chi connectivity index (χ3v) is 4.31. The van der Waals surface area contributed by atoms with Crippen LogP contribution in [-0.2, 0) is 6.42 Å². The Morgan fingerprint density at radius 3 is 2.26 bits per heavy atom. The molecule has 0 bridgehead atoms. The number of hydrogen-bond acceptors (Lipinski definition) is 2. The molecule has 0 unspecified atom stereocenters. The minimum absolute atomic E-state index is 0.134. The van der Waals surface area contributed by atoms with Gasteiger partial charge in [-0.3, -0.25) is 0 Å². The highest BCUT2D eigenvalue weighted by Gasteiger charge is 2.19. The quantitative estimate of drug-likeness (QED) is 0.593. The number of phenols is 1. The molecule has 0 fully saturated rings. The van der Waals surface area contributed by atoms with Crippen LogP contribution in [0.3, 0.4) is 0 Å². The van der Waals surface area contributed by atoms with Gasteiger partial charge in [0.15, 0.2) is 11.6 Å². The maximum Gasteiger partial charge on any atom is 0.165 e. The van der Waals surface area contributed by atoms with Crippen molar-refractivity contribution in [1.82, 2.24) is 0 Å². The van der Waals surface area contributed by atoms with Crippen molar-refractivity contribution in [3.8, 4) is 11.5 Å². The van der Waals surface area contributed by atoms with Crippen molar-refractivity contribution in [2.24, 2.45) is 0 Å². The van der Waals surface area contributed by atoms with Gasteiger partial charge in [0.05, 0.1) is 6.10 Å². The van der Waals surface area contributed by atoms with Crippen LogP contribution >= 0.6 is 0 Å². The third kappa shape index (κ3) is 4.85. The van der Waals surface area contributed by atoms with Gasteiger partial charge in [-0.15, -0.1) is 0 Å². The van der Waals surface area contributed by atoms with Crippen molar-refractivity contribution in [1.29, 1.82) is 0 Å². The molecule has 2 nitrogen and oxygen atoms in total. The minimum Gasteiger partial charge on any atom is -0.508 e. The highest BCUT2D eigenvalue weighted by Crippen LogP contribution is 2.33. The largest absolute Gasteiger partial charge is 0.508 e. The molecule has 0 radical (unpaired) electrons. The zero-order chi connectivity index (χ0) is 19.4. The van der Waals surface area contributed by atoms with E-state index in [0.717, 1.165) is 11.6 Å². The summed E-state index contributed by atoms with van der Waals surface area (Å²) >= 11 is 0. The Hall–Kier alpha value is -2.88. The first-order chi connectivity index (χ1) is 12.9. The molecule has 0 aliphatic rings. The fourth-order valence-corrected chi connectivity index (χ4v) is 3.16. The molecule has 4 heteroatoms. The Bertz CT molecular complexity index is 887. The zero-order valence-electron chi connectivity index (χ0n) is 15.3. The van der Waals surface area contributed by atoms with Gasteiger partial charge in [0, 0.05) is 12.0 Å².